The molecule has 0 aliphatic carbocycles. The molecule has 0 saturated carbocycles. The highest BCUT2D eigenvalue weighted by Crippen LogP contribution is 2.35. The molecule has 146 valence electrons. The number of anilines is 1. The summed E-state index contributed by atoms with van der Waals surface area (Å²) in [5.74, 6) is -0.00638. The first-order valence-electron chi connectivity index (χ1n) is 9.70. The van der Waals surface area contributed by atoms with Crippen LogP contribution in [0.15, 0.2) is 78.9 Å². The Morgan fingerprint density at radius 2 is 1.52 bits per heavy atom. The third-order valence-corrected chi connectivity index (χ3v) is 5.05. The minimum atomic E-state index is -0.513. The maximum atomic E-state index is 13.2. The molecule has 1 heterocycles. The van der Waals surface area contributed by atoms with Gasteiger partial charge in [-0.1, -0.05) is 60.7 Å². The Kier molecular flexibility index (Phi) is 4.93. The van der Waals surface area contributed by atoms with Crippen molar-refractivity contribution in [3.63, 3.8) is 0 Å². The van der Waals surface area contributed by atoms with Crippen LogP contribution in [0.4, 0.5) is 5.69 Å². The van der Waals surface area contributed by atoms with Crippen LogP contribution in [0.5, 0.6) is 5.75 Å². The van der Waals surface area contributed by atoms with Crippen molar-refractivity contribution in [1.29, 1.82) is 0 Å². The molecule has 3 aromatic rings. The smallest absolute Gasteiger partial charge is 0.236 e. The number of ether oxygens (including phenoxy) is 1. The van der Waals surface area contributed by atoms with Gasteiger partial charge < -0.3 is 10.1 Å². The lowest BCUT2D eigenvalue weighted by atomic mass is 9.90. The van der Waals surface area contributed by atoms with Gasteiger partial charge in [0.1, 0.15) is 11.4 Å². The molecule has 0 saturated heterocycles. The molecule has 4 heteroatoms. The highest BCUT2D eigenvalue weighted by atomic mass is 16.5. The summed E-state index contributed by atoms with van der Waals surface area (Å²) >= 11 is 0. The summed E-state index contributed by atoms with van der Waals surface area (Å²) in [6, 6.07) is 24.6. The van der Waals surface area contributed by atoms with Gasteiger partial charge in [-0.25, -0.2) is 0 Å². The fourth-order valence-corrected chi connectivity index (χ4v) is 3.73. The minimum absolute atomic E-state index is 0.0232. The average molecular weight is 385 g/mol. The Bertz CT molecular complexity index is 1000. The van der Waals surface area contributed by atoms with E-state index in [1.165, 1.54) is 0 Å². The molecular formula is C25H23NO3. The quantitative estimate of drug-likeness (QED) is 0.671. The van der Waals surface area contributed by atoms with Gasteiger partial charge in [-0.05, 0) is 43.2 Å². The van der Waals surface area contributed by atoms with E-state index in [2.05, 4.69) is 5.32 Å². The molecule has 0 unspecified atom stereocenters. The molecule has 3 aromatic carbocycles. The highest BCUT2D eigenvalue weighted by Gasteiger charge is 2.32. The summed E-state index contributed by atoms with van der Waals surface area (Å²) in [5, 5.41) is 2.98. The summed E-state index contributed by atoms with van der Waals surface area (Å²) in [4.78, 5) is 25.8. The molecule has 29 heavy (non-hydrogen) atoms. The van der Waals surface area contributed by atoms with E-state index in [4.69, 9.17) is 4.74 Å². The molecule has 1 aliphatic heterocycles. The fraction of sp³-hybridized carbons (Fsp3) is 0.200. The lowest BCUT2D eigenvalue weighted by molar-refractivity contribution is -0.116. The van der Waals surface area contributed by atoms with Crippen LogP contribution in [0.1, 0.15) is 47.7 Å². The van der Waals surface area contributed by atoms with E-state index < -0.39 is 11.5 Å². The molecular weight excluding hydrogens is 362 g/mol. The standard InChI is InChI=1S/C25H23NO3/c1-25(2)16-21(27)20-15-19(13-14-22(20)29-25)26-24(28)23(17-9-5-3-6-10-17)18-11-7-4-8-12-18/h3-15,23H,16H2,1-2H3,(H,26,28). The number of benzene rings is 3. The van der Waals surface area contributed by atoms with Gasteiger partial charge in [-0.2, -0.15) is 0 Å². The Labute approximate surface area is 170 Å². The zero-order valence-corrected chi connectivity index (χ0v) is 16.5. The van der Waals surface area contributed by atoms with Gasteiger partial charge in [0.25, 0.3) is 0 Å². The molecule has 0 atom stereocenters. The number of fused-ring (bicyclic) bond motifs is 1. The average Bonchev–Trinajstić information content (AvgIpc) is 2.70. The lowest BCUT2D eigenvalue weighted by Gasteiger charge is -2.31. The summed E-state index contributed by atoms with van der Waals surface area (Å²) < 4.78 is 5.90. The third-order valence-electron chi connectivity index (χ3n) is 5.05. The van der Waals surface area contributed by atoms with E-state index in [0.717, 1.165) is 11.1 Å². The molecule has 0 aromatic heterocycles. The van der Waals surface area contributed by atoms with Crippen molar-refractivity contribution in [3.8, 4) is 5.75 Å². The van der Waals surface area contributed by atoms with Crippen LogP contribution in [0, 0.1) is 0 Å². The molecule has 1 N–H and O–H groups in total. The molecule has 0 bridgehead atoms. The van der Waals surface area contributed by atoms with Crippen LogP contribution >= 0.6 is 0 Å². The van der Waals surface area contributed by atoms with Gasteiger partial charge in [0.15, 0.2) is 5.78 Å². The Morgan fingerprint density at radius 1 is 0.931 bits per heavy atom. The number of carbonyl (C=O) groups excluding carboxylic acids is 2. The number of amides is 1. The van der Waals surface area contributed by atoms with Crippen molar-refractivity contribution in [2.24, 2.45) is 0 Å². The number of carbonyl (C=O) groups is 2. The van der Waals surface area contributed by atoms with Crippen LogP contribution in [-0.2, 0) is 4.79 Å². The SMILES string of the molecule is CC1(C)CC(=O)c2cc(NC(=O)C(c3ccccc3)c3ccccc3)ccc2O1. The normalized spacial score (nSPS) is 14.8. The van der Waals surface area contributed by atoms with Crippen LogP contribution in [-0.4, -0.2) is 17.3 Å². The van der Waals surface area contributed by atoms with E-state index in [9.17, 15) is 9.59 Å². The number of ketones is 1. The van der Waals surface area contributed by atoms with Crippen LogP contribution < -0.4 is 10.1 Å². The van der Waals surface area contributed by atoms with Gasteiger partial charge in [-0.3, -0.25) is 9.59 Å². The van der Waals surface area contributed by atoms with Crippen LogP contribution in [0.2, 0.25) is 0 Å². The lowest BCUT2D eigenvalue weighted by Crippen LogP contribution is -2.35. The second-order valence-corrected chi connectivity index (χ2v) is 7.92. The second kappa shape index (κ2) is 7.55. The van der Waals surface area contributed by atoms with Gasteiger partial charge in [0.05, 0.1) is 17.9 Å². The first kappa shape index (κ1) is 18.9. The monoisotopic (exact) mass is 385 g/mol. The predicted octanol–water partition coefficient (Wildman–Crippen LogP) is 5.20. The van der Waals surface area contributed by atoms with Gasteiger partial charge in [0, 0.05) is 5.69 Å². The number of Topliss-reactive ketones (excluding diaryl/α,β-unsaturated/α-hetero) is 1. The van der Waals surface area contributed by atoms with Gasteiger partial charge in [-0.15, -0.1) is 0 Å². The second-order valence-electron chi connectivity index (χ2n) is 7.92. The van der Waals surface area contributed by atoms with Crippen LogP contribution in [0.25, 0.3) is 0 Å². The Balaban J connectivity index is 1.64. The fourth-order valence-electron chi connectivity index (χ4n) is 3.73. The van der Waals surface area contributed by atoms with E-state index in [1.54, 1.807) is 18.2 Å². The van der Waals surface area contributed by atoms with E-state index in [0.29, 0.717) is 23.4 Å². The summed E-state index contributed by atoms with van der Waals surface area (Å²) in [7, 11) is 0. The first-order valence-corrected chi connectivity index (χ1v) is 9.70. The Morgan fingerprint density at radius 3 is 2.10 bits per heavy atom. The van der Waals surface area contributed by atoms with Crippen molar-refractivity contribution in [1.82, 2.24) is 0 Å². The van der Waals surface area contributed by atoms with E-state index >= 15 is 0 Å². The van der Waals surface area contributed by atoms with Crippen molar-refractivity contribution in [3.05, 3.63) is 95.6 Å². The molecule has 1 amide bonds. The summed E-state index contributed by atoms with van der Waals surface area (Å²) in [6.07, 6.45) is 0.314. The number of hydrogen-bond acceptors (Lipinski definition) is 3. The first-order chi connectivity index (χ1) is 13.9. The van der Waals surface area contributed by atoms with Gasteiger partial charge >= 0.3 is 0 Å². The van der Waals surface area contributed by atoms with E-state index in [-0.39, 0.29) is 11.7 Å². The summed E-state index contributed by atoms with van der Waals surface area (Å²) in [5.41, 5.74) is 2.41. The van der Waals surface area contributed by atoms with Gasteiger partial charge in [0.2, 0.25) is 5.91 Å². The van der Waals surface area contributed by atoms with Crippen molar-refractivity contribution in [2.75, 3.05) is 5.32 Å². The maximum absolute atomic E-state index is 13.2. The molecule has 0 spiro atoms. The van der Waals surface area contributed by atoms with Crippen molar-refractivity contribution >= 4 is 17.4 Å². The topological polar surface area (TPSA) is 55.4 Å². The zero-order valence-electron chi connectivity index (χ0n) is 16.5. The Hall–Kier alpha value is -3.40. The zero-order chi connectivity index (χ0) is 20.4. The third kappa shape index (κ3) is 4.06. The molecule has 4 rings (SSSR count). The largest absolute Gasteiger partial charge is 0.487 e. The van der Waals surface area contributed by atoms with Crippen molar-refractivity contribution < 1.29 is 14.3 Å². The van der Waals surface area contributed by atoms with E-state index in [1.807, 2.05) is 74.5 Å². The molecule has 1 aliphatic rings. The molecule has 4 nitrogen and oxygen atoms in total. The maximum Gasteiger partial charge on any atom is 0.236 e. The van der Waals surface area contributed by atoms with Crippen molar-refractivity contribution in [2.45, 2.75) is 31.8 Å². The summed E-state index contributed by atoms with van der Waals surface area (Å²) in [6.45, 7) is 3.79. The molecule has 0 radical (unpaired) electrons. The van der Waals surface area contributed by atoms with Crippen LogP contribution in [0.3, 0.4) is 0 Å². The number of rotatable bonds is 4. The number of hydrogen-bond donors (Lipinski definition) is 1. The number of nitrogens with one attached hydrogen (secondary N) is 1. The highest BCUT2D eigenvalue weighted by molar-refractivity contribution is 6.03. The predicted molar refractivity (Wildman–Crippen MR) is 113 cm³/mol. The molecule has 0 fully saturated rings. The minimum Gasteiger partial charge on any atom is -0.487 e.